The monoisotopic (exact) mass is 454 g/mol. The molecule has 0 saturated heterocycles. The van der Waals surface area contributed by atoms with Gasteiger partial charge in [0.15, 0.2) is 17.6 Å². The van der Waals surface area contributed by atoms with Crippen LogP contribution in [-0.4, -0.2) is 31.2 Å². The minimum atomic E-state index is -0.739. The number of amides is 1. The number of pyridine rings is 1. The highest BCUT2D eigenvalue weighted by molar-refractivity contribution is 6.32. The Balaban J connectivity index is 1.88. The second-order valence-electron chi connectivity index (χ2n) is 7.43. The Kier molecular flexibility index (Phi) is 7.59. The maximum atomic E-state index is 13.4. The van der Waals surface area contributed by atoms with E-state index in [0.29, 0.717) is 34.6 Å². The third-order valence-corrected chi connectivity index (χ3v) is 5.65. The van der Waals surface area contributed by atoms with Gasteiger partial charge in [0.25, 0.3) is 5.91 Å². The molecule has 0 aliphatic heterocycles. The largest absolute Gasteiger partial charge is 0.493 e. The van der Waals surface area contributed by atoms with Crippen LogP contribution >= 0.6 is 11.6 Å². The summed E-state index contributed by atoms with van der Waals surface area (Å²) in [5, 5.41) is 0.694. The van der Waals surface area contributed by atoms with Crippen LogP contribution < -0.4 is 19.1 Å². The zero-order valence-corrected chi connectivity index (χ0v) is 19.6. The van der Waals surface area contributed by atoms with Crippen molar-refractivity contribution in [1.29, 1.82) is 0 Å². The summed E-state index contributed by atoms with van der Waals surface area (Å²) in [6, 6.07) is 14.7. The smallest absolute Gasteiger partial charge is 0.269 e. The summed E-state index contributed by atoms with van der Waals surface area (Å²) in [5.41, 5.74) is 2.66. The molecule has 0 bridgehead atoms. The molecule has 0 aliphatic carbocycles. The van der Waals surface area contributed by atoms with Crippen LogP contribution in [0.3, 0.4) is 0 Å². The summed E-state index contributed by atoms with van der Waals surface area (Å²) in [7, 11) is 3.16. The molecule has 0 fully saturated rings. The van der Waals surface area contributed by atoms with Crippen LogP contribution in [0.1, 0.15) is 23.6 Å². The van der Waals surface area contributed by atoms with Crippen molar-refractivity contribution in [1.82, 2.24) is 4.98 Å². The van der Waals surface area contributed by atoms with Gasteiger partial charge >= 0.3 is 0 Å². The minimum Gasteiger partial charge on any atom is -0.493 e. The third kappa shape index (κ3) is 5.32. The Bertz CT molecular complexity index is 1070. The number of benzene rings is 2. The van der Waals surface area contributed by atoms with Crippen LogP contribution in [-0.2, 0) is 11.3 Å². The number of carbonyl (C=O) groups is 1. The van der Waals surface area contributed by atoms with E-state index in [2.05, 4.69) is 4.98 Å². The van der Waals surface area contributed by atoms with Crippen LogP contribution in [0.2, 0.25) is 5.02 Å². The number of carbonyl (C=O) groups excluding carboxylic acids is 1. The van der Waals surface area contributed by atoms with E-state index in [1.165, 1.54) is 0 Å². The van der Waals surface area contributed by atoms with Crippen molar-refractivity contribution in [2.45, 2.75) is 33.4 Å². The van der Waals surface area contributed by atoms with Crippen molar-refractivity contribution in [3.05, 3.63) is 76.4 Å². The Morgan fingerprint density at radius 2 is 1.72 bits per heavy atom. The standard InChI is InChI=1S/C25H27ClN2O4/c1-16-12-20(13-17(2)24(16)26)32-18(3)25(29)28(23-8-6-7-11-27-23)15-19-9-10-21(30-4)22(14-19)31-5/h6-14,18H,15H2,1-5H3/t18-/m1/s1. The number of ether oxygens (including phenoxy) is 3. The van der Waals surface area contributed by atoms with Gasteiger partial charge in [-0.15, -0.1) is 0 Å². The predicted molar refractivity (Wildman–Crippen MR) is 126 cm³/mol. The zero-order valence-electron chi connectivity index (χ0n) is 18.9. The number of halogens is 1. The van der Waals surface area contributed by atoms with Gasteiger partial charge in [0.1, 0.15) is 11.6 Å². The van der Waals surface area contributed by atoms with Crippen molar-refractivity contribution in [2.24, 2.45) is 0 Å². The van der Waals surface area contributed by atoms with Crippen molar-refractivity contribution in [2.75, 3.05) is 19.1 Å². The first kappa shape index (κ1) is 23.4. The van der Waals surface area contributed by atoms with E-state index in [-0.39, 0.29) is 5.91 Å². The van der Waals surface area contributed by atoms with E-state index >= 15 is 0 Å². The molecule has 7 heteroatoms. The average molecular weight is 455 g/mol. The predicted octanol–water partition coefficient (Wildman–Crippen LogP) is 5.37. The van der Waals surface area contributed by atoms with Gasteiger partial charge < -0.3 is 14.2 Å². The Labute approximate surface area is 193 Å². The number of anilines is 1. The van der Waals surface area contributed by atoms with E-state index < -0.39 is 6.10 Å². The van der Waals surface area contributed by atoms with Crippen molar-refractivity contribution < 1.29 is 19.0 Å². The molecule has 0 radical (unpaired) electrons. The molecular formula is C25H27ClN2O4. The van der Waals surface area contributed by atoms with Gasteiger partial charge in [-0.05, 0) is 73.9 Å². The molecule has 32 heavy (non-hydrogen) atoms. The highest BCUT2D eigenvalue weighted by atomic mass is 35.5. The normalized spacial score (nSPS) is 11.6. The molecule has 0 aliphatic rings. The van der Waals surface area contributed by atoms with E-state index in [1.807, 2.05) is 56.3 Å². The van der Waals surface area contributed by atoms with E-state index in [9.17, 15) is 4.79 Å². The summed E-state index contributed by atoms with van der Waals surface area (Å²) >= 11 is 6.26. The van der Waals surface area contributed by atoms with Crippen LogP contribution in [0, 0.1) is 13.8 Å². The van der Waals surface area contributed by atoms with Gasteiger partial charge in [-0.1, -0.05) is 23.7 Å². The fraction of sp³-hybridized carbons (Fsp3) is 0.280. The molecule has 2 aromatic carbocycles. The Morgan fingerprint density at radius 1 is 1.03 bits per heavy atom. The highest BCUT2D eigenvalue weighted by Gasteiger charge is 2.25. The summed E-state index contributed by atoms with van der Waals surface area (Å²) < 4.78 is 16.7. The lowest BCUT2D eigenvalue weighted by Gasteiger charge is -2.26. The van der Waals surface area contributed by atoms with Crippen molar-refractivity contribution in [3.63, 3.8) is 0 Å². The lowest BCUT2D eigenvalue weighted by Crippen LogP contribution is -2.40. The molecule has 0 spiro atoms. The first-order valence-corrected chi connectivity index (χ1v) is 10.6. The van der Waals surface area contributed by atoms with E-state index in [1.54, 1.807) is 38.3 Å². The van der Waals surface area contributed by atoms with Crippen LogP contribution in [0.15, 0.2) is 54.7 Å². The van der Waals surface area contributed by atoms with Crippen LogP contribution in [0.25, 0.3) is 0 Å². The van der Waals surface area contributed by atoms with Crippen molar-refractivity contribution >= 4 is 23.3 Å². The Morgan fingerprint density at radius 3 is 2.31 bits per heavy atom. The Hall–Kier alpha value is -3.25. The van der Waals surface area contributed by atoms with E-state index in [0.717, 1.165) is 16.7 Å². The van der Waals surface area contributed by atoms with Gasteiger partial charge in [0.2, 0.25) is 0 Å². The summed E-state index contributed by atoms with van der Waals surface area (Å²) in [6.07, 6.45) is 0.916. The topological polar surface area (TPSA) is 60.9 Å². The van der Waals surface area contributed by atoms with E-state index in [4.69, 9.17) is 25.8 Å². The van der Waals surface area contributed by atoms with Gasteiger partial charge in [0, 0.05) is 11.2 Å². The molecule has 3 rings (SSSR count). The lowest BCUT2D eigenvalue weighted by atomic mass is 10.1. The molecule has 1 aromatic heterocycles. The SMILES string of the molecule is COc1ccc(CN(C(=O)[C@@H](C)Oc2cc(C)c(Cl)c(C)c2)c2ccccn2)cc1OC. The molecule has 3 aromatic rings. The van der Waals surface area contributed by atoms with Crippen molar-refractivity contribution in [3.8, 4) is 17.2 Å². The average Bonchev–Trinajstić information content (AvgIpc) is 2.80. The molecule has 168 valence electrons. The first-order chi connectivity index (χ1) is 15.3. The van der Waals surface area contributed by atoms with Gasteiger partial charge in [-0.25, -0.2) is 4.98 Å². The summed E-state index contributed by atoms with van der Waals surface area (Å²) in [6.45, 7) is 5.84. The molecule has 1 atom stereocenters. The molecule has 6 nitrogen and oxygen atoms in total. The lowest BCUT2D eigenvalue weighted by molar-refractivity contribution is -0.124. The number of hydrogen-bond acceptors (Lipinski definition) is 5. The second kappa shape index (κ2) is 10.4. The molecular weight excluding hydrogens is 428 g/mol. The minimum absolute atomic E-state index is 0.219. The summed E-state index contributed by atoms with van der Waals surface area (Å²) in [5.74, 6) is 2.12. The number of hydrogen-bond donors (Lipinski definition) is 0. The van der Waals surface area contributed by atoms with Gasteiger partial charge in [-0.2, -0.15) is 0 Å². The molecule has 0 saturated carbocycles. The first-order valence-electron chi connectivity index (χ1n) is 10.2. The molecule has 0 N–H and O–H groups in total. The number of aromatic nitrogens is 1. The number of methoxy groups -OCH3 is 2. The van der Waals surface area contributed by atoms with Crippen LogP contribution in [0.4, 0.5) is 5.82 Å². The van der Waals surface area contributed by atoms with Gasteiger partial charge in [0.05, 0.1) is 20.8 Å². The second-order valence-corrected chi connectivity index (χ2v) is 7.81. The number of rotatable bonds is 8. The quantitative estimate of drug-likeness (QED) is 0.458. The zero-order chi connectivity index (χ0) is 23.3. The fourth-order valence-electron chi connectivity index (χ4n) is 3.39. The molecule has 0 unspecified atom stereocenters. The maximum absolute atomic E-state index is 13.4. The number of aryl methyl sites for hydroxylation is 2. The maximum Gasteiger partial charge on any atom is 0.269 e. The highest BCUT2D eigenvalue weighted by Crippen LogP contribution is 2.30. The number of nitrogens with zero attached hydrogens (tertiary/aromatic N) is 2. The third-order valence-electron chi connectivity index (χ3n) is 5.05. The van der Waals surface area contributed by atoms with Gasteiger partial charge in [-0.3, -0.25) is 9.69 Å². The molecule has 1 heterocycles. The fourth-order valence-corrected chi connectivity index (χ4v) is 3.50. The summed E-state index contributed by atoms with van der Waals surface area (Å²) in [4.78, 5) is 19.4. The molecule has 1 amide bonds. The van der Waals surface area contributed by atoms with Crippen LogP contribution in [0.5, 0.6) is 17.2 Å².